The van der Waals surface area contributed by atoms with E-state index >= 15 is 0 Å². The van der Waals surface area contributed by atoms with Crippen LogP contribution in [0.3, 0.4) is 0 Å². The minimum atomic E-state index is -0.507. The fraction of sp³-hybridized carbons (Fsp3) is 0.308. The predicted molar refractivity (Wildman–Crippen MR) is 127 cm³/mol. The topological polar surface area (TPSA) is 49.9 Å². The lowest BCUT2D eigenvalue weighted by molar-refractivity contribution is -0.136. The number of carbonyl (C=O) groups is 2. The van der Waals surface area contributed by atoms with E-state index in [1.807, 2.05) is 25.3 Å². The molecule has 0 fully saturated rings. The Hall–Kier alpha value is -3.26. The van der Waals surface area contributed by atoms with E-state index in [0.717, 1.165) is 5.56 Å². The second-order valence-corrected chi connectivity index (χ2v) is 9.43. The molecule has 1 aromatic heterocycles. The molecule has 0 unspecified atom stereocenters. The Morgan fingerprint density at radius 2 is 1.94 bits per heavy atom. The molecule has 3 aromatic rings. The van der Waals surface area contributed by atoms with E-state index in [4.69, 9.17) is 4.74 Å². The highest BCUT2D eigenvalue weighted by atomic mass is 32.1. The summed E-state index contributed by atoms with van der Waals surface area (Å²) in [5.41, 5.74) is 1.17. The standard InChI is InChI=1S/C26H26F2N2O3S/c1-17(2)30(26(32)18-6-5-7-19(27)14-18)15-25(31)29-12-10-24-20(11-13-34-24)22(29)16-33-23-9-4-3-8-21(23)28/h3-9,11,13-14,17,22H,10,12,15-16H2,1-2H3/t22-/m0/s1. The van der Waals surface area contributed by atoms with Crippen LogP contribution in [0.5, 0.6) is 5.75 Å². The molecule has 8 heteroatoms. The number of benzene rings is 2. The third-order valence-corrected chi connectivity index (χ3v) is 6.91. The van der Waals surface area contributed by atoms with Gasteiger partial charge < -0.3 is 14.5 Å². The van der Waals surface area contributed by atoms with Gasteiger partial charge in [-0.25, -0.2) is 8.78 Å². The van der Waals surface area contributed by atoms with Crippen molar-refractivity contribution in [1.29, 1.82) is 0 Å². The summed E-state index contributed by atoms with van der Waals surface area (Å²) in [6.45, 7) is 4.04. The summed E-state index contributed by atoms with van der Waals surface area (Å²) >= 11 is 1.62. The van der Waals surface area contributed by atoms with Crippen molar-refractivity contribution >= 4 is 23.2 Å². The smallest absolute Gasteiger partial charge is 0.254 e. The molecule has 1 atom stereocenters. The van der Waals surface area contributed by atoms with Crippen LogP contribution in [0.2, 0.25) is 0 Å². The number of thiophene rings is 1. The van der Waals surface area contributed by atoms with Gasteiger partial charge in [-0.3, -0.25) is 9.59 Å². The molecule has 0 aliphatic carbocycles. The maximum atomic E-state index is 14.1. The van der Waals surface area contributed by atoms with Crippen molar-refractivity contribution in [2.75, 3.05) is 19.7 Å². The van der Waals surface area contributed by atoms with Crippen LogP contribution in [-0.2, 0) is 11.2 Å². The fourth-order valence-electron chi connectivity index (χ4n) is 4.12. The van der Waals surface area contributed by atoms with Crippen molar-refractivity contribution in [2.45, 2.75) is 32.4 Å². The molecule has 2 heterocycles. The van der Waals surface area contributed by atoms with Crippen LogP contribution in [0, 0.1) is 11.6 Å². The van der Waals surface area contributed by atoms with Crippen LogP contribution in [0.4, 0.5) is 8.78 Å². The number of amides is 2. The number of ether oxygens (including phenoxy) is 1. The first-order chi connectivity index (χ1) is 16.3. The lowest BCUT2D eigenvalue weighted by Crippen LogP contribution is -2.49. The molecule has 34 heavy (non-hydrogen) atoms. The van der Waals surface area contributed by atoms with Gasteiger partial charge in [0.05, 0.1) is 6.04 Å². The molecule has 2 amide bonds. The highest BCUT2D eigenvalue weighted by Crippen LogP contribution is 2.34. The van der Waals surface area contributed by atoms with Crippen molar-refractivity contribution in [1.82, 2.24) is 9.80 Å². The van der Waals surface area contributed by atoms with E-state index in [2.05, 4.69) is 0 Å². The second kappa shape index (κ2) is 10.3. The summed E-state index contributed by atoms with van der Waals surface area (Å²) in [6.07, 6.45) is 0.703. The average Bonchev–Trinajstić information content (AvgIpc) is 3.30. The molecule has 178 valence electrons. The van der Waals surface area contributed by atoms with Crippen LogP contribution >= 0.6 is 11.3 Å². The molecule has 0 spiro atoms. The average molecular weight is 485 g/mol. The SMILES string of the molecule is CC(C)N(CC(=O)N1CCc2sccc2[C@@H]1COc1ccccc1F)C(=O)c1cccc(F)c1. The van der Waals surface area contributed by atoms with E-state index in [1.165, 1.54) is 40.1 Å². The molecule has 4 rings (SSSR count). The molecule has 0 N–H and O–H groups in total. The number of carbonyl (C=O) groups excluding carboxylic acids is 2. The number of fused-ring (bicyclic) bond motifs is 1. The van der Waals surface area contributed by atoms with Crippen LogP contribution < -0.4 is 4.74 Å². The van der Waals surface area contributed by atoms with Gasteiger partial charge in [0.25, 0.3) is 5.91 Å². The van der Waals surface area contributed by atoms with Gasteiger partial charge in [0.15, 0.2) is 11.6 Å². The van der Waals surface area contributed by atoms with E-state index in [1.54, 1.807) is 34.4 Å². The summed E-state index contributed by atoms with van der Waals surface area (Å²) in [5, 5.41) is 1.97. The van der Waals surface area contributed by atoms with Crippen LogP contribution in [0.25, 0.3) is 0 Å². The molecule has 0 saturated heterocycles. The van der Waals surface area contributed by atoms with Gasteiger partial charge >= 0.3 is 0 Å². The van der Waals surface area contributed by atoms with Gasteiger partial charge in [-0.05, 0) is 67.6 Å². The van der Waals surface area contributed by atoms with E-state index < -0.39 is 23.6 Å². The monoisotopic (exact) mass is 484 g/mol. The Balaban J connectivity index is 1.54. The molecule has 1 aliphatic heterocycles. The van der Waals surface area contributed by atoms with Crippen molar-refractivity contribution in [3.63, 3.8) is 0 Å². The third-order valence-electron chi connectivity index (χ3n) is 5.91. The maximum absolute atomic E-state index is 14.1. The van der Waals surface area contributed by atoms with Crippen LogP contribution in [-0.4, -0.2) is 47.4 Å². The summed E-state index contributed by atoms with van der Waals surface area (Å²) in [7, 11) is 0. The molecule has 0 bridgehead atoms. The van der Waals surface area contributed by atoms with Crippen LogP contribution in [0.1, 0.15) is 40.7 Å². The van der Waals surface area contributed by atoms with Gasteiger partial charge in [-0.1, -0.05) is 18.2 Å². The molecular weight excluding hydrogens is 458 g/mol. The van der Waals surface area contributed by atoms with Gasteiger partial charge in [0, 0.05) is 23.0 Å². The highest BCUT2D eigenvalue weighted by Gasteiger charge is 2.34. The lowest BCUT2D eigenvalue weighted by atomic mass is 10.00. The first kappa shape index (κ1) is 23.9. The maximum Gasteiger partial charge on any atom is 0.254 e. The van der Waals surface area contributed by atoms with Crippen LogP contribution in [0.15, 0.2) is 60.0 Å². The van der Waals surface area contributed by atoms with Crippen molar-refractivity contribution in [3.05, 3.63) is 87.6 Å². The number of nitrogens with zero attached hydrogens (tertiary/aromatic N) is 2. The number of halogens is 2. The van der Waals surface area contributed by atoms with Gasteiger partial charge in [0.2, 0.25) is 5.91 Å². The molecule has 5 nitrogen and oxygen atoms in total. The Kier molecular flexibility index (Phi) is 7.26. The zero-order chi connectivity index (χ0) is 24.2. The number of rotatable bonds is 7. The van der Waals surface area contributed by atoms with Gasteiger partial charge in [0.1, 0.15) is 19.0 Å². The third kappa shape index (κ3) is 5.12. The minimum Gasteiger partial charge on any atom is -0.488 e. The predicted octanol–water partition coefficient (Wildman–Crippen LogP) is 5.08. The quantitative estimate of drug-likeness (QED) is 0.470. The number of para-hydroxylation sites is 1. The van der Waals surface area contributed by atoms with Crippen molar-refractivity contribution in [2.24, 2.45) is 0 Å². The molecule has 0 saturated carbocycles. The van der Waals surface area contributed by atoms with E-state index in [0.29, 0.717) is 13.0 Å². The molecule has 2 aromatic carbocycles. The molecular formula is C26H26F2N2O3S. The Bertz CT molecular complexity index is 1180. The Labute approximate surface area is 201 Å². The van der Waals surface area contributed by atoms with Crippen molar-refractivity contribution in [3.8, 4) is 5.75 Å². The second-order valence-electron chi connectivity index (χ2n) is 8.43. The van der Waals surface area contributed by atoms with Crippen molar-refractivity contribution < 1.29 is 23.1 Å². The normalized spacial score (nSPS) is 15.2. The lowest BCUT2D eigenvalue weighted by Gasteiger charge is -2.37. The minimum absolute atomic E-state index is 0.0932. The number of hydrogen-bond donors (Lipinski definition) is 0. The first-order valence-electron chi connectivity index (χ1n) is 11.1. The zero-order valence-corrected chi connectivity index (χ0v) is 19.9. The molecule has 1 aliphatic rings. The summed E-state index contributed by atoms with van der Waals surface area (Å²) in [6, 6.07) is 12.9. The zero-order valence-electron chi connectivity index (χ0n) is 19.0. The summed E-state index contributed by atoms with van der Waals surface area (Å²) in [5.74, 6) is -1.49. The highest BCUT2D eigenvalue weighted by molar-refractivity contribution is 7.10. The number of hydrogen-bond acceptors (Lipinski definition) is 4. The summed E-state index contributed by atoms with van der Waals surface area (Å²) in [4.78, 5) is 30.8. The van der Waals surface area contributed by atoms with E-state index in [9.17, 15) is 18.4 Å². The summed E-state index contributed by atoms with van der Waals surface area (Å²) < 4.78 is 33.6. The molecule has 0 radical (unpaired) electrons. The first-order valence-corrected chi connectivity index (χ1v) is 12.0. The van der Waals surface area contributed by atoms with E-state index in [-0.39, 0.29) is 36.4 Å². The fourth-order valence-corrected chi connectivity index (χ4v) is 5.05. The van der Waals surface area contributed by atoms with Gasteiger partial charge in [-0.15, -0.1) is 11.3 Å². The Morgan fingerprint density at radius 3 is 2.68 bits per heavy atom. The van der Waals surface area contributed by atoms with Gasteiger partial charge in [-0.2, -0.15) is 0 Å². The largest absolute Gasteiger partial charge is 0.488 e. The Morgan fingerprint density at radius 1 is 1.15 bits per heavy atom.